The normalized spacial score (nSPS) is 20.6. The highest BCUT2D eigenvalue weighted by Crippen LogP contribution is 2.27. The number of nitrogen functional groups attached to an aromatic ring is 2. The molecule has 0 saturated carbocycles. The first kappa shape index (κ1) is 29.0. The Morgan fingerprint density at radius 3 is 2.66 bits per heavy atom. The van der Waals surface area contributed by atoms with Crippen LogP contribution in [0.5, 0.6) is 5.75 Å². The fourth-order valence-corrected chi connectivity index (χ4v) is 5.58. The van der Waals surface area contributed by atoms with Gasteiger partial charge in [0.05, 0.1) is 24.9 Å². The number of aromatic nitrogens is 4. The molecule has 2 fully saturated rings. The number of nitrogens with two attached hydrogens (primary N) is 2. The topological polar surface area (TPSA) is 195 Å². The maximum Gasteiger partial charge on any atom is 0.277 e. The quantitative estimate of drug-likeness (QED) is 0.195. The van der Waals surface area contributed by atoms with Crippen molar-refractivity contribution < 1.29 is 33.8 Å². The van der Waals surface area contributed by atoms with Crippen molar-refractivity contribution >= 4 is 50.4 Å². The number of aliphatic hydroxyl groups is 2. The minimum atomic E-state index is -0.968. The number of aryl methyl sites for hydroxylation is 1. The molecule has 14 nitrogen and oxygen atoms in total. The zero-order valence-corrected chi connectivity index (χ0v) is 24.2. The molecule has 2 saturated heterocycles. The third-order valence-corrected chi connectivity index (χ3v) is 7.96. The van der Waals surface area contributed by atoms with Crippen LogP contribution in [0.15, 0.2) is 22.8 Å². The number of hydrogen-bond acceptors (Lipinski definition) is 10. The molecule has 15 heteroatoms. The van der Waals surface area contributed by atoms with Gasteiger partial charge in [0, 0.05) is 19.7 Å². The van der Waals surface area contributed by atoms with Crippen LogP contribution in [-0.4, -0.2) is 86.1 Å². The minimum Gasteiger partial charge on any atom is -0.479 e. The number of halogens is 1. The fourth-order valence-electron chi connectivity index (χ4n) is 5.31. The van der Waals surface area contributed by atoms with Crippen molar-refractivity contribution in [3.63, 3.8) is 0 Å². The van der Waals surface area contributed by atoms with Crippen molar-refractivity contribution in [2.24, 2.45) is 0 Å². The van der Waals surface area contributed by atoms with Crippen LogP contribution in [0.1, 0.15) is 36.1 Å². The average molecular weight is 635 g/mol. The Balaban J connectivity index is 1.45. The Bertz CT molecular complexity index is 1450. The van der Waals surface area contributed by atoms with Crippen molar-refractivity contribution in [2.75, 3.05) is 37.8 Å². The SMILES string of the molecule is CC[n+]1c(CNC(=O)c2nc(Br)c(N)nc2N)n(C[C@@H]2CCCO2)c2cccc(OCC(=O)N3C[C@H](O)[C@@H](O)C3)c21. The van der Waals surface area contributed by atoms with E-state index in [1.54, 1.807) is 6.07 Å². The summed E-state index contributed by atoms with van der Waals surface area (Å²) in [4.78, 5) is 35.3. The van der Waals surface area contributed by atoms with Gasteiger partial charge >= 0.3 is 0 Å². The van der Waals surface area contributed by atoms with E-state index in [0.29, 0.717) is 25.4 Å². The Morgan fingerprint density at radius 2 is 1.98 bits per heavy atom. The predicted octanol–water partition coefficient (Wildman–Crippen LogP) is -0.283. The van der Waals surface area contributed by atoms with Gasteiger partial charge in [0.25, 0.3) is 17.6 Å². The van der Waals surface area contributed by atoms with E-state index < -0.39 is 18.1 Å². The molecule has 3 atom stereocenters. The van der Waals surface area contributed by atoms with E-state index in [4.69, 9.17) is 20.9 Å². The molecule has 2 aliphatic rings. The second kappa shape index (κ2) is 12.1. The van der Waals surface area contributed by atoms with Crippen LogP contribution in [0.25, 0.3) is 11.0 Å². The van der Waals surface area contributed by atoms with Gasteiger partial charge in [0.2, 0.25) is 5.52 Å². The molecular formula is C26H34BrN8O6+. The van der Waals surface area contributed by atoms with E-state index in [-0.39, 0.29) is 60.2 Å². The van der Waals surface area contributed by atoms with E-state index >= 15 is 0 Å². The first-order valence-corrected chi connectivity index (χ1v) is 14.3. The molecule has 3 aromatic rings. The molecule has 4 heterocycles. The lowest BCUT2D eigenvalue weighted by molar-refractivity contribution is -0.676. The van der Waals surface area contributed by atoms with Gasteiger partial charge in [-0.05, 0) is 47.8 Å². The maximum absolute atomic E-state index is 13.1. The number of imidazole rings is 1. The summed E-state index contributed by atoms with van der Waals surface area (Å²) in [7, 11) is 0. The molecule has 7 N–H and O–H groups in total. The van der Waals surface area contributed by atoms with E-state index in [9.17, 15) is 19.8 Å². The highest BCUT2D eigenvalue weighted by atomic mass is 79.9. The van der Waals surface area contributed by atoms with Gasteiger partial charge in [-0.2, -0.15) is 0 Å². The maximum atomic E-state index is 13.1. The van der Waals surface area contributed by atoms with Gasteiger partial charge in [-0.25, -0.2) is 19.1 Å². The molecule has 0 spiro atoms. The number of para-hydroxylation sites is 1. The summed E-state index contributed by atoms with van der Waals surface area (Å²) in [6, 6.07) is 5.60. The van der Waals surface area contributed by atoms with Gasteiger partial charge in [-0.3, -0.25) is 9.59 Å². The number of hydrogen-bond donors (Lipinski definition) is 5. The lowest BCUT2D eigenvalue weighted by atomic mass is 10.2. The average Bonchev–Trinajstić information content (AvgIpc) is 3.66. The smallest absolute Gasteiger partial charge is 0.277 e. The molecule has 41 heavy (non-hydrogen) atoms. The number of fused-ring (bicyclic) bond motifs is 1. The van der Waals surface area contributed by atoms with Crippen LogP contribution in [0.4, 0.5) is 11.6 Å². The Hall–Kier alpha value is -3.53. The zero-order valence-electron chi connectivity index (χ0n) is 22.6. The highest BCUT2D eigenvalue weighted by Gasteiger charge is 2.34. The highest BCUT2D eigenvalue weighted by molar-refractivity contribution is 9.10. The van der Waals surface area contributed by atoms with Crippen molar-refractivity contribution in [3.8, 4) is 5.75 Å². The number of aliphatic hydroxyl groups excluding tert-OH is 2. The molecular weight excluding hydrogens is 600 g/mol. The van der Waals surface area contributed by atoms with Gasteiger partial charge in [-0.15, -0.1) is 0 Å². The zero-order chi connectivity index (χ0) is 29.3. The number of anilines is 2. The minimum absolute atomic E-state index is 0.0131. The molecule has 2 aliphatic heterocycles. The van der Waals surface area contributed by atoms with Crippen molar-refractivity contribution in [1.29, 1.82) is 0 Å². The molecule has 0 radical (unpaired) electrons. The molecule has 5 rings (SSSR count). The summed E-state index contributed by atoms with van der Waals surface area (Å²) in [6.45, 7) is 3.80. The summed E-state index contributed by atoms with van der Waals surface area (Å²) < 4.78 is 16.3. The van der Waals surface area contributed by atoms with Gasteiger partial charge < -0.3 is 41.4 Å². The van der Waals surface area contributed by atoms with Gasteiger partial charge in [0.15, 0.2) is 35.2 Å². The van der Waals surface area contributed by atoms with Crippen LogP contribution in [0.2, 0.25) is 0 Å². The summed E-state index contributed by atoms with van der Waals surface area (Å²) >= 11 is 3.19. The van der Waals surface area contributed by atoms with Crippen LogP contribution in [-0.2, 0) is 29.2 Å². The largest absolute Gasteiger partial charge is 0.479 e. The summed E-state index contributed by atoms with van der Waals surface area (Å²) in [6.07, 6.45) is -0.0280. The van der Waals surface area contributed by atoms with Crippen LogP contribution in [0, 0.1) is 0 Å². The van der Waals surface area contributed by atoms with Crippen molar-refractivity contribution in [2.45, 2.75) is 57.7 Å². The summed E-state index contributed by atoms with van der Waals surface area (Å²) in [5.41, 5.74) is 13.2. The van der Waals surface area contributed by atoms with Crippen LogP contribution in [0.3, 0.4) is 0 Å². The Kier molecular flexibility index (Phi) is 8.58. The summed E-state index contributed by atoms with van der Waals surface area (Å²) in [5, 5.41) is 22.5. The third-order valence-electron chi connectivity index (χ3n) is 7.38. The lowest BCUT2D eigenvalue weighted by Crippen LogP contribution is -2.41. The molecule has 0 bridgehead atoms. The number of carbonyl (C=O) groups excluding carboxylic acids is 2. The monoisotopic (exact) mass is 633 g/mol. The Labute approximate surface area is 244 Å². The second-order valence-electron chi connectivity index (χ2n) is 10.1. The van der Waals surface area contributed by atoms with Gasteiger partial charge in [-0.1, -0.05) is 6.07 Å². The number of β-amino-alcohol motifs (C(OH)–C–C–N with tert-alkyl or cyclic N) is 2. The third kappa shape index (κ3) is 5.93. The fraction of sp³-hybridized carbons (Fsp3) is 0.500. The Morgan fingerprint density at radius 1 is 1.22 bits per heavy atom. The number of nitrogens with one attached hydrogen (secondary N) is 1. The first-order valence-electron chi connectivity index (χ1n) is 13.5. The number of likely N-dealkylation sites (tertiary alicyclic amines) is 1. The van der Waals surface area contributed by atoms with Gasteiger partial charge in [0.1, 0.15) is 17.7 Å². The number of carbonyl (C=O) groups is 2. The molecule has 2 amide bonds. The van der Waals surface area contributed by atoms with E-state index in [1.165, 1.54) is 4.90 Å². The number of benzene rings is 1. The molecule has 1 aromatic carbocycles. The van der Waals surface area contributed by atoms with Crippen LogP contribution < -0.4 is 26.1 Å². The predicted molar refractivity (Wildman–Crippen MR) is 151 cm³/mol. The van der Waals surface area contributed by atoms with Crippen molar-refractivity contribution in [1.82, 2.24) is 24.8 Å². The van der Waals surface area contributed by atoms with E-state index in [1.807, 2.05) is 23.6 Å². The number of rotatable bonds is 9. The molecule has 2 aromatic heterocycles. The van der Waals surface area contributed by atoms with E-state index in [0.717, 1.165) is 29.7 Å². The van der Waals surface area contributed by atoms with Crippen molar-refractivity contribution in [3.05, 3.63) is 34.3 Å². The number of ether oxygens (including phenoxy) is 2. The molecule has 220 valence electrons. The standard InChI is InChI=1S/C26H33BrN8O6/c1-2-34-19(9-30-26(39)21-24(28)32-25(29)23(27)31-21)35(10-14-5-4-8-40-14)15-6-3-7-18(22(15)34)41-13-20(38)33-11-16(36)17(37)12-33/h3,6-7,14,16-17,36-37H,2,4-5,8-13H2,1H3,(H4-,28,29,30,32,39)/p+1/t14-,16-,17-/m0/s1. The molecule has 0 unspecified atom stereocenters. The second-order valence-corrected chi connectivity index (χ2v) is 10.8. The van der Waals surface area contributed by atoms with E-state index in [2.05, 4.69) is 35.8 Å². The first-order chi connectivity index (χ1) is 19.7. The number of nitrogens with zero attached hydrogens (tertiary/aromatic N) is 5. The molecule has 0 aliphatic carbocycles. The number of amides is 2. The van der Waals surface area contributed by atoms with Crippen LogP contribution >= 0.6 is 15.9 Å². The lowest BCUT2D eigenvalue weighted by Gasteiger charge is -2.15. The summed E-state index contributed by atoms with van der Waals surface area (Å²) in [5.74, 6) is 0.451.